The summed E-state index contributed by atoms with van der Waals surface area (Å²) in [6, 6.07) is 0. The van der Waals surface area contributed by atoms with E-state index in [1.54, 1.807) is 0 Å². The topological polar surface area (TPSA) is 37.3 Å². The number of carbonyl (C=O) groups is 1. The highest BCUT2D eigenvalue weighted by molar-refractivity contribution is 5.53. The number of aliphatic hydroxyl groups excluding tert-OH is 1. The molecule has 0 aliphatic heterocycles. The summed E-state index contributed by atoms with van der Waals surface area (Å²) in [5.41, 5.74) is 0. The molecule has 0 aromatic carbocycles. The third kappa shape index (κ3) is 3.21. The summed E-state index contributed by atoms with van der Waals surface area (Å²) in [4.78, 5) is 10.6. The van der Waals surface area contributed by atoms with Crippen LogP contribution in [0.25, 0.3) is 0 Å². The van der Waals surface area contributed by atoms with Gasteiger partial charge in [-0.25, -0.2) is 0 Å². The summed E-state index contributed by atoms with van der Waals surface area (Å²) in [7, 11) is 0. The van der Waals surface area contributed by atoms with Gasteiger partial charge in [-0.2, -0.15) is 0 Å². The summed E-state index contributed by atoms with van der Waals surface area (Å²) in [6.45, 7) is 11.4. The highest BCUT2D eigenvalue weighted by Gasteiger charge is 2.24. The fourth-order valence-corrected chi connectivity index (χ4v) is 1.36. The van der Waals surface area contributed by atoms with Crippen LogP contribution in [-0.4, -0.2) is 11.4 Å². The van der Waals surface area contributed by atoms with Crippen LogP contribution in [0, 0.1) is 23.7 Å². The summed E-state index contributed by atoms with van der Waals surface area (Å²) < 4.78 is 0. The Balaban J connectivity index is 4.32. The Kier molecular flexibility index (Phi) is 4.74. The van der Waals surface area contributed by atoms with Gasteiger partial charge in [0.25, 0.3) is 0 Å². The van der Waals surface area contributed by atoms with Crippen LogP contribution in [0.2, 0.25) is 0 Å². The summed E-state index contributed by atoms with van der Waals surface area (Å²) >= 11 is 0. The predicted octanol–water partition coefficient (Wildman–Crippen LogP) is 2.80. The average molecular weight is 184 g/mol. The van der Waals surface area contributed by atoms with Crippen LogP contribution in [0.5, 0.6) is 0 Å². The van der Waals surface area contributed by atoms with E-state index in [0.29, 0.717) is 0 Å². The van der Waals surface area contributed by atoms with Gasteiger partial charge in [0.1, 0.15) is 6.29 Å². The van der Waals surface area contributed by atoms with Crippen LogP contribution in [0.1, 0.15) is 27.7 Å². The Hall–Kier alpha value is -0.790. The van der Waals surface area contributed by atoms with E-state index in [2.05, 4.69) is 6.58 Å². The SMILES string of the molecule is C=C(O)[C@H](C)[C@H](C)[C@@H](C)[C@@H](C)C=O. The maximum Gasteiger partial charge on any atom is 0.123 e. The number of carbonyl (C=O) groups excluding carboxylic acids is 1. The second-order valence-electron chi connectivity index (χ2n) is 3.99. The van der Waals surface area contributed by atoms with Crippen molar-refractivity contribution in [2.75, 3.05) is 0 Å². The fraction of sp³-hybridized carbons (Fsp3) is 0.727. The molecule has 0 aliphatic rings. The summed E-state index contributed by atoms with van der Waals surface area (Å²) in [6.07, 6.45) is 0.966. The smallest absolute Gasteiger partial charge is 0.123 e. The molecule has 76 valence electrons. The van der Waals surface area contributed by atoms with Gasteiger partial charge in [-0.05, 0) is 11.8 Å². The quantitative estimate of drug-likeness (QED) is 0.527. The van der Waals surface area contributed by atoms with E-state index in [0.717, 1.165) is 6.29 Å². The number of allylic oxidation sites excluding steroid dienone is 1. The van der Waals surface area contributed by atoms with Crippen LogP contribution in [0.4, 0.5) is 0 Å². The first-order valence-electron chi connectivity index (χ1n) is 4.74. The lowest BCUT2D eigenvalue weighted by Crippen LogP contribution is -2.23. The van der Waals surface area contributed by atoms with Crippen LogP contribution in [-0.2, 0) is 4.79 Å². The number of rotatable bonds is 5. The molecule has 0 fully saturated rings. The zero-order chi connectivity index (χ0) is 10.6. The maximum atomic E-state index is 10.6. The first-order valence-corrected chi connectivity index (χ1v) is 4.74. The third-order valence-electron chi connectivity index (χ3n) is 3.19. The van der Waals surface area contributed by atoms with Gasteiger partial charge < -0.3 is 9.90 Å². The Bertz CT molecular complexity index is 187. The number of aldehydes is 1. The molecule has 0 saturated heterocycles. The van der Waals surface area contributed by atoms with Crippen molar-refractivity contribution < 1.29 is 9.90 Å². The molecule has 0 spiro atoms. The van der Waals surface area contributed by atoms with Gasteiger partial charge in [-0.3, -0.25) is 0 Å². The van der Waals surface area contributed by atoms with E-state index in [9.17, 15) is 9.90 Å². The van der Waals surface area contributed by atoms with Gasteiger partial charge in [0.05, 0.1) is 5.76 Å². The lowest BCUT2D eigenvalue weighted by atomic mass is 9.78. The van der Waals surface area contributed by atoms with Crippen molar-refractivity contribution in [1.82, 2.24) is 0 Å². The van der Waals surface area contributed by atoms with Crippen molar-refractivity contribution in [2.24, 2.45) is 23.7 Å². The van der Waals surface area contributed by atoms with Crippen molar-refractivity contribution in [1.29, 1.82) is 0 Å². The Morgan fingerprint density at radius 3 is 2.00 bits per heavy atom. The second-order valence-corrected chi connectivity index (χ2v) is 3.99. The van der Waals surface area contributed by atoms with Crippen LogP contribution in [0.15, 0.2) is 12.3 Å². The van der Waals surface area contributed by atoms with Crippen LogP contribution < -0.4 is 0 Å². The molecule has 2 nitrogen and oxygen atoms in total. The Morgan fingerprint density at radius 2 is 1.69 bits per heavy atom. The molecule has 0 aromatic heterocycles. The molecule has 0 radical (unpaired) electrons. The molecule has 4 atom stereocenters. The van der Waals surface area contributed by atoms with Gasteiger partial charge in [0.15, 0.2) is 0 Å². The highest BCUT2D eigenvalue weighted by atomic mass is 16.3. The van der Waals surface area contributed by atoms with Crippen molar-refractivity contribution in [3.05, 3.63) is 12.3 Å². The summed E-state index contributed by atoms with van der Waals surface area (Å²) in [5.74, 6) is 0.848. The van der Waals surface area contributed by atoms with E-state index in [-0.39, 0.29) is 29.4 Å². The molecular weight excluding hydrogens is 164 g/mol. The molecule has 0 bridgehead atoms. The molecule has 0 aliphatic carbocycles. The maximum absolute atomic E-state index is 10.6. The van der Waals surface area contributed by atoms with Gasteiger partial charge in [0.2, 0.25) is 0 Å². The molecular formula is C11H20O2. The minimum Gasteiger partial charge on any atom is -0.513 e. The highest BCUT2D eigenvalue weighted by Crippen LogP contribution is 2.28. The summed E-state index contributed by atoms with van der Waals surface area (Å²) in [5, 5.41) is 9.21. The predicted molar refractivity (Wildman–Crippen MR) is 54.5 cm³/mol. The number of hydrogen-bond acceptors (Lipinski definition) is 2. The monoisotopic (exact) mass is 184 g/mol. The molecule has 0 heterocycles. The minimum absolute atomic E-state index is 0.0387. The zero-order valence-electron chi connectivity index (χ0n) is 8.95. The molecule has 0 unspecified atom stereocenters. The lowest BCUT2D eigenvalue weighted by Gasteiger charge is -2.27. The van der Waals surface area contributed by atoms with Crippen LogP contribution >= 0.6 is 0 Å². The average Bonchev–Trinajstić information content (AvgIpc) is 2.12. The van der Waals surface area contributed by atoms with Crippen molar-refractivity contribution >= 4 is 6.29 Å². The van der Waals surface area contributed by atoms with Gasteiger partial charge in [0, 0.05) is 11.8 Å². The van der Waals surface area contributed by atoms with Crippen molar-refractivity contribution in [3.63, 3.8) is 0 Å². The molecule has 0 rings (SSSR count). The zero-order valence-corrected chi connectivity index (χ0v) is 8.95. The minimum atomic E-state index is 0.0387. The fourth-order valence-electron chi connectivity index (χ4n) is 1.36. The van der Waals surface area contributed by atoms with E-state index >= 15 is 0 Å². The van der Waals surface area contributed by atoms with E-state index < -0.39 is 0 Å². The molecule has 0 aromatic rings. The van der Waals surface area contributed by atoms with Gasteiger partial charge in [-0.1, -0.05) is 34.3 Å². The van der Waals surface area contributed by atoms with Crippen LogP contribution in [0.3, 0.4) is 0 Å². The van der Waals surface area contributed by atoms with E-state index in [4.69, 9.17) is 0 Å². The van der Waals surface area contributed by atoms with Crippen molar-refractivity contribution in [2.45, 2.75) is 27.7 Å². The standard InChI is InChI=1S/C11H20O2/c1-7(6-12)8(2)9(3)10(4)11(5)13/h6-10,13H,5H2,1-4H3/t7-,8-,9+,10+/m0/s1. The second kappa shape index (κ2) is 5.05. The molecule has 0 amide bonds. The largest absolute Gasteiger partial charge is 0.513 e. The normalized spacial score (nSPS) is 20.0. The van der Waals surface area contributed by atoms with Crippen molar-refractivity contribution in [3.8, 4) is 0 Å². The third-order valence-corrected chi connectivity index (χ3v) is 3.19. The molecule has 2 heteroatoms. The Morgan fingerprint density at radius 1 is 1.23 bits per heavy atom. The molecule has 0 saturated carbocycles. The molecule has 13 heavy (non-hydrogen) atoms. The number of hydrogen-bond donors (Lipinski definition) is 1. The number of aliphatic hydroxyl groups is 1. The van der Waals surface area contributed by atoms with Gasteiger partial charge >= 0.3 is 0 Å². The Labute approximate surface area is 80.7 Å². The molecule has 1 N–H and O–H groups in total. The van der Waals surface area contributed by atoms with E-state index in [1.807, 2.05) is 27.7 Å². The first-order chi connectivity index (χ1) is 5.91. The first kappa shape index (κ1) is 12.2. The van der Waals surface area contributed by atoms with Gasteiger partial charge in [-0.15, -0.1) is 0 Å². The van der Waals surface area contributed by atoms with E-state index in [1.165, 1.54) is 0 Å². The lowest BCUT2D eigenvalue weighted by molar-refractivity contribution is -0.112.